The van der Waals surface area contributed by atoms with Crippen LogP contribution >= 0.6 is 11.6 Å². The number of halogens is 1. The van der Waals surface area contributed by atoms with E-state index in [9.17, 15) is 0 Å². The maximum absolute atomic E-state index is 6.08. The normalized spacial score (nSPS) is 12.5. The van der Waals surface area contributed by atoms with Gasteiger partial charge >= 0.3 is 0 Å². The van der Waals surface area contributed by atoms with Crippen LogP contribution in [0.2, 0.25) is 5.22 Å². The third-order valence-electron chi connectivity index (χ3n) is 2.70. The van der Waals surface area contributed by atoms with Gasteiger partial charge in [-0.25, -0.2) is 0 Å². The van der Waals surface area contributed by atoms with Gasteiger partial charge in [0.2, 0.25) is 0 Å². The van der Waals surface area contributed by atoms with Gasteiger partial charge in [0.15, 0.2) is 5.22 Å². The van der Waals surface area contributed by atoms with Crippen molar-refractivity contribution in [3.05, 3.63) is 35.0 Å². The van der Waals surface area contributed by atoms with Gasteiger partial charge in [-0.3, -0.25) is 0 Å². The van der Waals surface area contributed by atoms with E-state index in [0.717, 1.165) is 16.5 Å². The topological polar surface area (TPSA) is 25.2 Å². The van der Waals surface area contributed by atoms with Crippen molar-refractivity contribution in [3.8, 4) is 12.3 Å². The Labute approximate surface area is 106 Å². The zero-order valence-electron chi connectivity index (χ0n) is 9.66. The highest BCUT2D eigenvalue weighted by atomic mass is 35.5. The number of terminal acetylenes is 1. The molecule has 1 aromatic heterocycles. The molecule has 1 aromatic carbocycles. The lowest BCUT2D eigenvalue weighted by Crippen LogP contribution is -2.24. The van der Waals surface area contributed by atoms with E-state index >= 15 is 0 Å². The minimum atomic E-state index is 0.268. The van der Waals surface area contributed by atoms with E-state index in [-0.39, 0.29) is 6.04 Å². The van der Waals surface area contributed by atoms with Crippen LogP contribution in [0.4, 0.5) is 0 Å². The smallest absolute Gasteiger partial charge is 0.199 e. The molecule has 0 radical (unpaired) electrons. The molecule has 0 saturated heterocycles. The van der Waals surface area contributed by atoms with E-state index in [2.05, 4.69) is 18.2 Å². The van der Waals surface area contributed by atoms with Crippen molar-refractivity contribution < 1.29 is 4.42 Å². The van der Waals surface area contributed by atoms with E-state index in [1.807, 2.05) is 24.3 Å². The average Bonchev–Trinajstić information content (AvgIpc) is 2.62. The minimum Gasteiger partial charge on any atom is -0.444 e. The van der Waals surface area contributed by atoms with Crippen LogP contribution in [0.1, 0.15) is 18.9 Å². The molecule has 0 amide bonds. The van der Waals surface area contributed by atoms with Crippen molar-refractivity contribution in [1.29, 1.82) is 0 Å². The van der Waals surface area contributed by atoms with E-state index in [1.54, 1.807) is 0 Å². The molecular formula is C14H14ClNO. The summed E-state index contributed by atoms with van der Waals surface area (Å²) in [7, 11) is 0. The largest absolute Gasteiger partial charge is 0.444 e. The summed E-state index contributed by atoms with van der Waals surface area (Å²) in [6, 6.07) is 8.09. The molecule has 2 aromatic rings. The van der Waals surface area contributed by atoms with Crippen LogP contribution in [0.15, 0.2) is 28.7 Å². The van der Waals surface area contributed by atoms with Gasteiger partial charge in [0.05, 0.1) is 0 Å². The first-order chi connectivity index (χ1) is 8.22. The molecule has 0 aliphatic carbocycles. The third kappa shape index (κ3) is 2.63. The summed E-state index contributed by atoms with van der Waals surface area (Å²) in [6.45, 7) is 2.72. The predicted molar refractivity (Wildman–Crippen MR) is 71.0 cm³/mol. The van der Waals surface area contributed by atoms with Crippen LogP contribution in [-0.2, 0) is 6.54 Å². The van der Waals surface area contributed by atoms with Gasteiger partial charge in [-0.05, 0) is 24.6 Å². The Balaban J connectivity index is 2.18. The minimum absolute atomic E-state index is 0.268. The molecule has 1 heterocycles. The van der Waals surface area contributed by atoms with Crippen LogP contribution in [-0.4, -0.2) is 6.04 Å². The Bertz CT molecular complexity index is 553. The summed E-state index contributed by atoms with van der Waals surface area (Å²) in [4.78, 5) is 0. The van der Waals surface area contributed by atoms with Gasteiger partial charge in [0, 0.05) is 30.0 Å². The van der Waals surface area contributed by atoms with Crippen molar-refractivity contribution in [2.75, 3.05) is 0 Å². The molecule has 0 spiro atoms. The zero-order valence-corrected chi connectivity index (χ0v) is 10.4. The Morgan fingerprint density at radius 1 is 1.47 bits per heavy atom. The fraction of sp³-hybridized carbons (Fsp3) is 0.286. The van der Waals surface area contributed by atoms with Gasteiger partial charge in [-0.1, -0.05) is 18.2 Å². The average molecular weight is 248 g/mol. The van der Waals surface area contributed by atoms with Crippen LogP contribution < -0.4 is 5.32 Å². The summed E-state index contributed by atoms with van der Waals surface area (Å²) in [5.41, 5.74) is 1.81. The molecule has 0 aliphatic heterocycles. The Hall–Kier alpha value is -1.43. The summed E-state index contributed by atoms with van der Waals surface area (Å²) in [5.74, 6) is 2.63. The van der Waals surface area contributed by atoms with Crippen LogP contribution in [0, 0.1) is 12.3 Å². The standard InChI is InChI=1S/C14H14ClNO/c1-3-6-10(2)16-9-12-11-7-4-5-8-13(11)17-14(12)15/h1,4-5,7-8,10,16H,6,9H2,2H3. The molecule has 0 aliphatic rings. The third-order valence-corrected chi connectivity index (χ3v) is 3.01. The second-order valence-corrected chi connectivity index (χ2v) is 4.38. The Morgan fingerprint density at radius 3 is 3.00 bits per heavy atom. The number of furan rings is 1. The molecular weight excluding hydrogens is 234 g/mol. The van der Waals surface area contributed by atoms with Gasteiger partial charge in [-0.2, -0.15) is 0 Å². The molecule has 1 N–H and O–H groups in total. The second-order valence-electron chi connectivity index (χ2n) is 4.04. The van der Waals surface area contributed by atoms with Crippen molar-refractivity contribution in [1.82, 2.24) is 5.32 Å². The van der Waals surface area contributed by atoms with E-state index in [1.165, 1.54) is 0 Å². The summed E-state index contributed by atoms with van der Waals surface area (Å²) in [5, 5.41) is 4.84. The molecule has 0 bridgehead atoms. The Kier molecular flexibility index (Phi) is 3.73. The summed E-state index contributed by atoms with van der Waals surface area (Å²) in [6.07, 6.45) is 5.97. The number of hydrogen-bond acceptors (Lipinski definition) is 2. The fourth-order valence-corrected chi connectivity index (χ4v) is 2.01. The lowest BCUT2D eigenvalue weighted by molar-refractivity contribution is 0.551. The van der Waals surface area contributed by atoms with Crippen LogP contribution in [0.3, 0.4) is 0 Å². The van der Waals surface area contributed by atoms with Crippen molar-refractivity contribution >= 4 is 22.6 Å². The molecule has 3 heteroatoms. The molecule has 2 nitrogen and oxygen atoms in total. The van der Waals surface area contributed by atoms with Gasteiger partial charge in [-0.15, -0.1) is 12.3 Å². The van der Waals surface area contributed by atoms with E-state index in [0.29, 0.717) is 18.2 Å². The number of nitrogens with one attached hydrogen (secondary N) is 1. The summed E-state index contributed by atoms with van der Waals surface area (Å²) >= 11 is 6.08. The number of para-hydroxylation sites is 1. The number of rotatable bonds is 4. The quantitative estimate of drug-likeness (QED) is 0.836. The molecule has 2 rings (SSSR count). The maximum atomic E-state index is 6.08. The number of hydrogen-bond donors (Lipinski definition) is 1. The van der Waals surface area contributed by atoms with Gasteiger partial charge < -0.3 is 9.73 Å². The molecule has 17 heavy (non-hydrogen) atoms. The molecule has 0 saturated carbocycles. The van der Waals surface area contributed by atoms with E-state index in [4.69, 9.17) is 22.4 Å². The van der Waals surface area contributed by atoms with Crippen molar-refractivity contribution in [3.63, 3.8) is 0 Å². The lowest BCUT2D eigenvalue weighted by Gasteiger charge is -2.09. The monoisotopic (exact) mass is 247 g/mol. The van der Waals surface area contributed by atoms with Gasteiger partial charge in [0.1, 0.15) is 5.58 Å². The first-order valence-electron chi connectivity index (χ1n) is 5.55. The number of benzene rings is 1. The highest BCUT2D eigenvalue weighted by Gasteiger charge is 2.12. The van der Waals surface area contributed by atoms with Gasteiger partial charge in [0.25, 0.3) is 0 Å². The Morgan fingerprint density at radius 2 is 2.24 bits per heavy atom. The fourth-order valence-electron chi connectivity index (χ4n) is 1.76. The molecule has 1 atom stereocenters. The predicted octanol–water partition coefficient (Wildman–Crippen LogP) is 3.59. The maximum Gasteiger partial charge on any atom is 0.199 e. The number of fused-ring (bicyclic) bond motifs is 1. The molecule has 0 fully saturated rings. The lowest BCUT2D eigenvalue weighted by atomic mass is 10.1. The highest BCUT2D eigenvalue weighted by molar-refractivity contribution is 6.30. The zero-order chi connectivity index (χ0) is 12.3. The molecule has 88 valence electrons. The van der Waals surface area contributed by atoms with E-state index < -0.39 is 0 Å². The second kappa shape index (κ2) is 5.27. The first-order valence-corrected chi connectivity index (χ1v) is 5.93. The highest BCUT2D eigenvalue weighted by Crippen LogP contribution is 2.29. The molecule has 1 unspecified atom stereocenters. The van der Waals surface area contributed by atoms with Crippen molar-refractivity contribution in [2.24, 2.45) is 0 Å². The first kappa shape index (κ1) is 12.0. The summed E-state index contributed by atoms with van der Waals surface area (Å²) < 4.78 is 5.48. The van der Waals surface area contributed by atoms with Crippen LogP contribution in [0.25, 0.3) is 11.0 Å². The SMILES string of the molecule is C#CCC(C)NCc1c(Cl)oc2ccccc12. The van der Waals surface area contributed by atoms with Crippen LogP contribution in [0.5, 0.6) is 0 Å². The van der Waals surface area contributed by atoms with Crippen molar-refractivity contribution in [2.45, 2.75) is 25.9 Å².